The number of aryl methyl sites for hydroxylation is 3. The van der Waals surface area contributed by atoms with Crippen LogP contribution in [-0.4, -0.2) is 20.1 Å². The van der Waals surface area contributed by atoms with Gasteiger partial charge in [-0.2, -0.15) is 0 Å². The highest BCUT2D eigenvalue weighted by Crippen LogP contribution is 2.50. The van der Waals surface area contributed by atoms with Gasteiger partial charge >= 0.3 is 0 Å². The molecule has 0 atom stereocenters. The molecule has 460 valence electrons. The van der Waals surface area contributed by atoms with E-state index < -0.39 is 0 Å². The van der Waals surface area contributed by atoms with E-state index in [0.29, 0.717) is 0 Å². The topological polar surface area (TPSA) is 91.6 Å². The number of nitrogens with zero attached hydrogens (tertiary/aromatic N) is 1. The van der Waals surface area contributed by atoms with E-state index in [-0.39, 0.29) is 20.1 Å². The van der Waals surface area contributed by atoms with Gasteiger partial charge in [0.15, 0.2) is 0 Å². The number of benzene rings is 14. The average molecular weight is 1270 g/mol. The standard InChI is InChI=1S/C87H51B3N2O7/c1-45-33-46(2)84(47(3)34-45)92-68-44-76-65(42-63(68)89-61-27-8-13-32-74(61)94-78-38-49(36-69(92)82(78)89)52-21-15-24-58-55-18-5-10-29-71(55)98-86(52)58)90-64-41-62-66(43-75(64)95-79-39-50(40-80(96-76)83(79)90)53-22-16-25-59-56-19-6-11-30-72(56)99-87(53)59)91-67-35-48(37-77-81(67)88(62)60-26-7-12-31-73(60)93-77)51-20-14-23-57-54-17-4-9-28-70(54)97-85(51)57/h4-44,91H,1-3H3. The van der Waals surface area contributed by atoms with Gasteiger partial charge in [0.05, 0.1) is 5.69 Å². The molecule has 17 aromatic rings. The normalized spacial score (nSPS) is 13.7. The fraction of sp³-hybridized carbons (Fsp3) is 0.0345. The lowest BCUT2D eigenvalue weighted by molar-refractivity contribution is 0.465. The second-order valence-corrected chi connectivity index (χ2v) is 27.5. The van der Waals surface area contributed by atoms with Crippen molar-refractivity contribution in [3.8, 4) is 79.4 Å². The Bertz CT molecular complexity index is 6560. The second-order valence-electron chi connectivity index (χ2n) is 27.5. The van der Waals surface area contributed by atoms with E-state index in [2.05, 4.69) is 249 Å². The molecule has 0 radical (unpaired) electrons. The number of anilines is 5. The minimum absolute atomic E-state index is 0.195. The maximum atomic E-state index is 7.69. The van der Waals surface area contributed by atoms with Crippen LogP contribution in [0, 0.1) is 20.8 Å². The van der Waals surface area contributed by atoms with E-state index in [1.807, 2.05) is 30.3 Å². The molecule has 3 aromatic heterocycles. The van der Waals surface area contributed by atoms with Gasteiger partial charge in [0.2, 0.25) is 0 Å². The van der Waals surface area contributed by atoms with Gasteiger partial charge in [0.25, 0.3) is 20.1 Å². The number of para-hydroxylation sites is 8. The zero-order valence-electron chi connectivity index (χ0n) is 53.7. The van der Waals surface area contributed by atoms with Crippen LogP contribution in [0.1, 0.15) is 16.7 Å². The molecule has 23 rings (SSSR count). The Kier molecular flexibility index (Phi) is 10.5. The summed E-state index contributed by atoms with van der Waals surface area (Å²) < 4.78 is 49.8. The predicted octanol–water partition coefficient (Wildman–Crippen LogP) is 17.1. The number of hydrogen-bond donors (Lipinski definition) is 1. The summed E-state index contributed by atoms with van der Waals surface area (Å²) in [6.45, 7) is 5.88. The first-order chi connectivity index (χ1) is 48.8. The van der Waals surface area contributed by atoms with Gasteiger partial charge in [-0.05, 0) is 159 Å². The van der Waals surface area contributed by atoms with E-state index in [9.17, 15) is 0 Å². The summed E-state index contributed by atoms with van der Waals surface area (Å²) in [6.07, 6.45) is 0. The number of hydrogen-bond acceptors (Lipinski definition) is 9. The van der Waals surface area contributed by atoms with Crippen LogP contribution < -0.4 is 78.3 Å². The summed E-state index contributed by atoms with van der Waals surface area (Å²) in [4.78, 5) is 2.50. The summed E-state index contributed by atoms with van der Waals surface area (Å²) in [5.74, 6) is 6.20. The minimum Gasteiger partial charge on any atom is -0.458 e. The van der Waals surface area contributed by atoms with Gasteiger partial charge in [-0.1, -0.05) is 175 Å². The number of furan rings is 3. The average Bonchev–Trinajstić information content (AvgIpc) is 1.16. The molecular formula is C87H51B3N2O7. The van der Waals surface area contributed by atoms with Crippen LogP contribution >= 0.6 is 0 Å². The van der Waals surface area contributed by atoms with Gasteiger partial charge in [-0.25, -0.2) is 0 Å². The molecule has 0 spiro atoms. The Morgan fingerprint density at radius 3 is 1.27 bits per heavy atom. The van der Waals surface area contributed by atoms with Gasteiger partial charge in [-0.15, -0.1) is 0 Å². The van der Waals surface area contributed by atoms with Crippen LogP contribution in [-0.2, 0) is 0 Å². The molecule has 0 bridgehead atoms. The SMILES string of the molecule is Cc1cc(C)c(N2c3cc4c(cc3B3c5ccccc5Oc5cc(-c6cccc7c6oc6ccccc67)cc2c53)B2c3cc5c(cc3Oc3cc(-c6cccc7c6oc6ccccc67)cc(c32)O4)Nc2cc(-c3cccc4c3oc3ccccc34)cc3c2B5c2ccccc2O3)c(C)c1. The first-order valence-corrected chi connectivity index (χ1v) is 33.9. The van der Waals surface area contributed by atoms with Crippen molar-refractivity contribution in [2.45, 2.75) is 20.8 Å². The Morgan fingerprint density at radius 2 is 0.717 bits per heavy atom. The molecule has 0 amide bonds. The van der Waals surface area contributed by atoms with Crippen molar-refractivity contribution < 1.29 is 32.2 Å². The molecule has 0 aliphatic carbocycles. The summed E-state index contributed by atoms with van der Waals surface area (Å²) in [5, 5.41) is 10.4. The quantitative estimate of drug-likeness (QED) is 0.173. The highest BCUT2D eigenvalue weighted by molar-refractivity contribution is 7.03. The number of rotatable bonds is 4. The maximum absolute atomic E-state index is 7.69. The number of fused-ring (bicyclic) bond motifs is 21. The van der Waals surface area contributed by atoms with E-state index in [1.54, 1.807) is 0 Å². The molecule has 1 N–H and O–H groups in total. The Balaban J connectivity index is 0.767. The molecule has 14 aromatic carbocycles. The van der Waals surface area contributed by atoms with Gasteiger partial charge in [-0.3, -0.25) is 0 Å². The van der Waals surface area contributed by atoms with Gasteiger partial charge < -0.3 is 42.4 Å². The predicted molar refractivity (Wildman–Crippen MR) is 403 cm³/mol. The van der Waals surface area contributed by atoms with Crippen LogP contribution in [0.25, 0.3) is 99.2 Å². The molecule has 0 saturated carbocycles. The lowest BCUT2D eigenvalue weighted by Crippen LogP contribution is -2.64. The van der Waals surface area contributed by atoms with Crippen LogP contribution in [0.4, 0.5) is 28.4 Å². The largest absolute Gasteiger partial charge is 0.458 e. The van der Waals surface area contributed by atoms with Crippen LogP contribution in [0.5, 0.6) is 46.0 Å². The van der Waals surface area contributed by atoms with Crippen molar-refractivity contribution in [1.82, 2.24) is 0 Å². The highest BCUT2D eigenvalue weighted by atomic mass is 16.5. The smallest absolute Gasteiger partial charge is 0.260 e. The summed E-state index contributed by atoms with van der Waals surface area (Å²) in [6, 6.07) is 88.7. The Morgan fingerprint density at radius 1 is 0.293 bits per heavy atom. The lowest BCUT2D eigenvalue weighted by atomic mass is 9.30. The maximum Gasteiger partial charge on any atom is 0.260 e. The molecule has 99 heavy (non-hydrogen) atoms. The van der Waals surface area contributed by atoms with Crippen LogP contribution in [0.15, 0.2) is 262 Å². The van der Waals surface area contributed by atoms with E-state index in [4.69, 9.17) is 32.2 Å². The van der Waals surface area contributed by atoms with E-state index in [0.717, 1.165) is 234 Å². The Labute approximate surface area is 568 Å². The highest BCUT2D eigenvalue weighted by Gasteiger charge is 2.49. The van der Waals surface area contributed by atoms with Crippen LogP contribution in [0.3, 0.4) is 0 Å². The first-order valence-electron chi connectivity index (χ1n) is 33.9. The zero-order chi connectivity index (χ0) is 64.8. The van der Waals surface area contributed by atoms with Crippen LogP contribution in [0.2, 0.25) is 0 Å². The minimum atomic E-state index is -0.351. The Hall–Kier alpha value is -12.5. The summed E-state index contributed by atoms with van der Waals surface area (Å²) in [5.41, 5.74) is 29.1. The van der Waals surface area contributed by atoms with Crippen molar-refractivity contribution in [3.05, 3.63) is 265 Å². The van der Waals surface area contributed by atoms with E-state index in [1.165, 1.54) is 5.56 Å². The van der Waals surface area contributed by atoms with E-state index >= 15 is 0 Å². The molecule has 9 heterocycles. The van der Waals surface area contributed by atoms with Gasteiger partial charge in [0.1, 0.15) is 79.5 Å². The van der Waals surface area contributed by atoms with Crippen molar-refractivity contribution in [3.63, 3.8) is 0 Å². The molecule has 12 heteroatoms. The zero-order valence-corrected chi connectivity index (χ0v) is 53.7. The van der Waals surface area contributed by atoms with Crippen molar-refractivity contribution >= 4 is 164 Å². The molecule has 6 aliphatic rings. The summed E-state index contributed by atoms with van der Waals surface area (Å²) >= 11 is 0. The van der Waals surface area contributed by atoms with Crippen molar-refractivity contribution in [1.29, 1.82) is 0 Å². The van der Waals surface area contributed by atoms with Crippen molar-refractivity contribution in [2.75, 3.05) is 10.2 Å². The summed E-state index contributed by atoms with van der Waals surface area (Å²) in [7, 11) is 0. The molecule has 0 saturated heterocycles. The van der Waals surface area contributed by atoms with Crippen molar-refractivity contribution in [2.24, 2.45) is 0 Å². The molecule has 9 nitrogen and oxygen atoms in total. The first kappa shape index (κ1) is 53.7. The number of ether oxygens (including phenoxy) is 4. The third-order valence-corrected chi connectivity index (χ3v) is 21.9. The third-order valence-electron chi connectivity index (χ3n) is 21.9. The monoisotopic (exact) mass is 1270 g/mol. The molecule has 0 unspecified atom stereocenters. The number of nitrogens with one attached hydrogen (secondary N) is 1. The van der Waals surface area contributed by atoms with Gasteiger partial charge in [0, 0.05) is 89.4 Å². The molecule has 6 aliphatic heterocycles. The lowest BCUT2D eigenvalue weighted by Gasteiger charge is -2.43. The molecular weight excluding hydrogens is 1220 g/mol. The third kappa shape index (κ3) is 7.36. The fourth-order valence-electron chi connectivity index (χ4n) is 17.9. The fourth-order valence-corrected chi connectivity index (χ4v) is 17.9. The molecule has 0 fully saturated rings. The second kappa shape index (κ2) is 19.4.